The maximum Gasteiger partial charge on any atom is 0.125 e. The zero-order valence-electron chi connectivity index (χ0n) is 9.31. The summed E-state index contributed by atoms with van der Waals surface area (Å²) >= 11 is 7.44. The number of nitrogens with zero attached hydrogens (tertiary/aromatic N) is 1. The standard InChI is InChI=1S/C12H12ClNO2S/c1-8-14-5-11(17-8)7-16-12-3-2-10(13)4-9(12)6-15/h2-5,15H,6-7H2,1H3. The van der Waals surface area contributed by atoms with Gasteiger partial charge in [-0.2, -0.15) is 0 Å². The van der Waals surface area contributed by atoms with E-state index in [9.17, 15) is 5.11 Å². The SMILES string of the molecule is Cc1ncc(COc2ccc(Cl)cc2CO)s1. The number of thiazole rings is 1. The summed E-state index contributed by atoms with van der Waals surface area (Å²) in [5.41, 5.74) is 0.693. The minimum Gasteiger partial charge on any atom is -0.488 e. The molecule has 1 N–H and O–H groups in total. The number of rotatable bonds is 4. The van der Waals surface area contributed by atoms with Crippen LogP contribution in [0.5, 0.6) is 5.75 Å². The normalized spacial score (nSPS) is 10.5. The molecule has 0 amide bonds. The van der Waals surface area contributed by atoms with Crippen LogP contribution in [-0.2, 0) is 13.2 Å². The van der Waals surface area contributed by atoms with Crippen LogP contribution in [0.3, 0.4) is 0 Å². The molecule has 3 nitrogen and oxygen atoms in total. The molecule has 17 heavy (non-hydrogen) atoms. The largest absolute Gasteiger partial charge is 0.488 e. The molecule has 0 bridgehead atoms. The number of ether oxygens (including phenoxy) is 1. The Morgan fingerprint density at radius 2 is 2.29 bits per heavy atom. The summed E-state index contributed by atoms with van der Waals surface area (Å²) in [5, 5.41) is 10.8. The fourth-order valence-corrected chi connectivity index (χ4v) is 2.34. The highest BCUT2D eigenvalue weighted by atomic mass is 35.5. The second-order valence-electron chi connectivity index (χ2n) is 3.54. The number of aromatic nitrogens is 1. The summed E-state index contributed by atoms with van der Waals surface area (Å²) in [6.45, 7) is 2.33. The van der Waals surface area contributed by atoms with E-state index in [0.29, 0.717) is 22.9 Å². The second kappa shape index (κ2) is 5.49. The molecule has 0 atom stereocenters. The molecule has 0 aliphatic heterocycles. The molecule has 0 unspecified atom stereocenters. The second-order valence-corrected chi connectivity index (χ2v) is 5.30. The van der Waals surface area contributed by atoms with Crippen LogP contribution in [0.2, 0.25) is 5.02 Å². The van der Waals surface area contributed by atoms with Gasteiger partial charge in [-0.1, -0.05) is 11.6 Å². The Hall–Kier alpha value is -1.10. The lowest BCUT2D eigenvalue weighted by Gasteiger charge is -2.09. The number of benzene rings is 1. The number of aliphatic hydroxyl groups excluding tert-OH is 1. The number of aliphatic hydroxyl groups is 1. The topological polar surface area (TPSA) is 42.4 Å². The van der Waals surface area contributed by atoms with Crippen LogP contribution in [0.1, 0.15) is 15.4 Å². The average molecular weight is 270 g/mol. The van der Waals surface area contributed by atoms with Gasteiger partial charge in [-0.3, -0.25) is 0 Å². The Kier molecular flexibility index (Phi) is 3.99. The number of hydrogen-bond donors (Lipinski definition) is 1. The van der Waals surface area contributed by atoms with Gasteiger partial charge in [0.25, 0.3) is 0 Å². The zero-order chi connectivity index (χ0) is 12.3. The van der Waals surface area contributed by atoms with Gasteiger partial charge in [0.2, 0.25) is 0 Å². The van der Waals surface area contributed by atoms with Crippen molar-refractivity contribution < 1.29 is 9.84 Å². The summed E-state index contributed by atoms with van der Waals surface area (Å²) in [6, 6.07) is 5.21. The minimum absolute atomic E-state index is 0.0857. The van der Waals surface area contributed by atoms with Crippen LogP contribution in [0.25, 0.3) is 0 Å². The molecule has 0 saturated carbocycles. The molecule has 0 radical (unpaired) electrons. The molecular formula is C12H12ClNO2S. The minimum atomic E-state index is -0.0857. The van der Waals surface area contributed by atoms with Gasteiger partial charge in [-0.25, -0.2) is 4.98 Å². The molecule has 1 aromatic heterocycles. The maximum absolute atomic E-state index is 9.20. The highest BCUT2D eigenvalue weighted by molar-refractivity contribution is 7.11. The molecule has 2 rings (SSSR count). The highest BCUT2D eigenvalue weighted by Gasteiger charge is 2.05. The summed E-state index contributed by atoms with van der Waals surface area (Å²) < 4.78 is 5.63. The third-order valence-corrected chi connectivity index (χ3v) is 3.35. The van der Waals surface area contributed by atoms with Crippen molar-refractivity contribution in [1.29, 1.82) is 0 Å². The molecule has 0 saturated heterocycles. The molecule has 0 aliphatic carbocycles. The van der Waals surface area contributed by atoms with Gasteiger partial charge in [0.1, 0.15) is 12.4 Å². The predicted octanol–water partition coefficient (Wildman–Crippen LogP) is 3.18. The number of aryl methyl sites for hydroxylation is 1. The molecule has 5 heteroatoms. The summed E-state index contributed by atoms with van der Waals surface area (Å²) in [7, 11) is 0. The van der Waals surface area contributed by atoms with Gasteiger partial charge in [0.05, 0.1) is 16.5 Å². The predicted molar refractivity (Wildman–Crippen MR) is 68.6 cm³/mol. The molecule has 0 fully saturated rings. The number of halogens is 1. The van der Waals surface area contributed by atoms with Gasteiger partial charge in [-0.05, 0) is 25.1 Å². The Bertz CT molecular complexity index is 513. The van der Waals surface area contributed by atoms with E-state index in [2.05, 4.69) is 4.98 Å². The van der Waals surface area contributed by atoms with Gasteiger partial charge in [0.15, 0.2) is 0 Å². The van der Waals surface area contributed by atoms with Crippen molar-refractivity contribution in [3.8, 4) is 5.75 Å². The van der Waals surface area contributed by atoms with E-state index < -0.39 is 0 Å². The molecule has 2 aromatic rings. The molecular weight excluding hydrogens is 258 g/mol. The van der Waals surface area contributed by atoms with E-state index in [1.807, 2.05) is 6.92 Å². The first-order valence-corrected chi connectivity index (χ1v) is 6.32. The fourth-order valence-electron chi connectivity index (χ4n) is 1.43. The Balaban J connectivity index is 2.08. The quantitative estimate of drug-likeness (QED) is 0.927. The Morgan fingerprint density at radius 1 is 1.47 bits per heavy atom. The van der Waals surface area contributed by atoms with Gasteiger partial charge >= 0.3 is 0 Å². The molecule has 1 aromatic carbocycles. The van der Waals surface area contributed by atoms with E-state index >= 15 is 0 Å². The van der Waals surface area contributed by atoms with Crippen LogP contribution in [0.4, 0.5) is 0 Å². The molecule has 1 heterocycles. The lowest BCUT2D eigenvalue weighted by Crippen LogP contribution is -1.97. The van der Waals surface area contributed by atoms with Crippen molar-refractivity contribution in [2.45, 2.75) is 20.1 Å². The summed E-state index contributed by atoms with van der Waals surface area (Å²) in [4.78, 5) is 5.21. The molecule has 90 valence electrons. The van der Waals surface area contributed by atoms with E-state index in [-0.39, 0.29) is 6.61 Å². The van der Waals surface area contributed by atoms with Gasteiger partial charge in [-0.15, -0.1) is 11.3 Å². The van der Waals surface area contributed by atoms with Crippen molar-refractivity contribution in [2.24, 2.45) is 0 Å². The van der Waals surface area contributed by atoms with Crippen LogP contribution < -0.4 is 4.74 Å². The van der Waals surface area contributed by atoms with Crippen molar-refractivity contribution in [2.75, 3.05) is 0 Å². The molecule has 0 spiro atoms. The first-order chi connectivity index (χ1) is 8.19. The average Bonchev–Trinajstić information content (AvgIpc) is 2.73. The number of hydrogen-bond acceptors (Lipinski definition) is 4. The van der Waals surface area contributed by atoms with Crippen molar-refractivity contribution >= 4 is 22.9 Å². The maximum atomic E-state index is 9.20. The van der Waals surface area contributed by atoms with Crippen LogP contribution >= 0.6 is 22.9 Å². The smallest absolute Gasteiger partial charge is 0.125 e. The van der Waals surface area contributed by atoms with Crippen molar-refractivity contribution in [3.63, 3.8) is 0 Å². The summed E-state index contributed by atoms with van der Waals surface area (Å²) in [6.07, 6.45) is 1.80. The van der Waals surface area contributed by atoms with Crippen LogP contribution in [-0.4, -0.2) is 10.1 Å². The van der Waals surface area contributed by atoms with Gasteiger partial charge in [0, 0.05) is 16.8 Å². The van der Waals surface area contributed by atoms with Crippen molar-refractivity contribution in [1.82, 2.24) is 4.98 Å². The van der Waals surface area contributed by atoms with Crippen molar-refractivity contribution in [3.05, 3.63) is 44.9 Å². The van der Waals surface area contributed by atoms with E-state index in [4.69, 9.17) is 16.3 Å². The fraction of sp³-hybridized carbons (Fsp3) is 0.250. The Labute approximate surface area is 109 Å². The first kappa shape index (κ1) is 12.4. The van der Waals surface area contributed by atoms with E-state index in [0.717, 1.165) is 9.88 Å². The third-order valence-electron chi connectivity index (χ3n) is 2.23. The van der Waals surface area contributed by atoms with Crippen LogP contribution in [0.15, 0.2) is 24.4 Å². The Morgan fingerprint density at radius 3 is 2.94 bits per heavy atom. The van der Waals surface area contributed by atoms with Gasteiger partial charge < -0.3 is 9.84 Å². The van der Waals surface area contributed by atoms with Crippen LogP contribution in [0, 0.1) is 6.92 Å². The third kappa shape index (κ3) is 3.19. The lowest BCUT2D eigenvalue weighted by atomic mass is 10.2. The summed E-state index contributed by atoms with van der Waals surface area (Å²) in [5.74, 6) is 0.656. The van der Waals surface area contributed by atoms with E-state index in [1.165, 1.54) is 0 Å². The molecule has 0 aliphatic rings. The highest BCUT2D eigenvalue weighted by Crippen LogP contribution is 2.24. The van der Waals surface area contributed by atoms with E-state index in [1.54, 1.807) is 35.7 Å². The lowest BCUT2D eigenvalue weighted by molar-refractivity contribution is 0.260. The zero-order valence-corrected chi connectivity index (χ0v) is 10.9. The first-order valence-electron chi connectivity index (χ1n) is 5.12. The monoisotopic (exact) mass is 269 g/mol.